The SMILES string of the molecule is O=C1c2ccccc2C(=O)N1c1ccc(Sc2ncc(Br)cn2)cc1. The van der Waals surface area contributed by atoms with Gasteiger partial charge in [-0.1, -0.05) is 12.1 Å². The average molecular weight is 412 g/mol. The van der Waals surface area contributed by atoms with Crippen LogP contribution in [0.25, 0.3) is 0 Å². The standard InChI is InChI=1S/C18H10BrN3O2S/c19-11-9-20-18(21-10-11)25-13-7-5-12(6-8-13)22-16(23)14-3-1-2-4-15(14)17(22)24/h1-10H. The summed E-state index contributed by atoms with van der Waals surface area (Å²) in [5.74, 6) is -0.588. The Morgan fingerprint density at radius 3 is 1.96 bits per heavy atom. The number of halogens is 1. The first kappa shape index (κ1) is 16.0. The predicted molar refractivity (Wildman–Crippen MR) is 97.9 cm³/mol. The van der Waals surface area contributed by atoms with Crippen LogP contribution in [0.5, 0.6) is 0 Å². The molecule has 0 saturated heterocycles. The van der Waals surface area contributed by atoms with Crippen molar-refractivity contribution >= 4 is 45.2 Å². The van der Waals surface area contributed by atoms with Gasteiger partial charge in [-0.25, -0.2) is 14.9 Å². The van der Waals surface area contributed by atoms with E-state index in [1.807, 2.05) is 12.1 Å². The number of aromatic nitrogens is 2. The molecule has 122 valence electrons. The van der Waals surface area contributed by atoms with Crippen LogP contribution < -0.4 is 4.90 Å². The Labute approximate surface area is 156 Å². The minimum Gasteiger partial charge on any atom is -0.268 e. The molecule has 0 saturated carbocycles. The Morgan fingerprint density at radius 2 is 1.40 bits per heavy atom. The molecule has 2 heterocycles. The van der Waals surface area contributed by atoms with Crippen LogP contribution in [0.1, 0.15) is 20.7 Å². The van der Waals surface area contributed by atoms with E-state index in [1.54, 1.807) is 48.8 Å². The van der Waals surface area contributed by atoms with Gasteiger partial charge in [-0.15, -0.1) is 0 Å². The van der Waals surface area contributed by atoms with Gasteiger partial charge in [0.05, 0.1) is 21.3 Å². The van der Waals surface area contributed by atoms with Crippen molar-refractivity contribution < 1.29 is 9.59 Å². The molecule has 7 heteroatoms. The highest BCUT2D eigenvalue weighted by atomic mass is 79.9. The van der Waals surface area contributed by atoms with Gasteiger partial charge in [0.15, 0.2) is 5.16 Å². The van der Waals surface area contributed by atoms with Crippen LogP contribution in [0, 0.1) is 0 Å². The Bertz CT molecular complexity index is 939. The highest BCUT2D eigenvalue weighted by molar-refractivity contribution is 9.10. The van der Waals surface area contributed by atoms with Gasteiger partial charge >= 0.3 is 0 Å². The average Bonchev–Trinajstić information content (AvgIpc) is 2.89. The summed E-state index contributed by atoms with van der Waals surface area (Å²) < 4.78 is 0.817. The first-order valence-electron chi connectivity index (χ1n) is 7.37. The Balaban J connectivity index is 1.58. The minimum absolute atomic E-state index is 0.294. The molecule has 25 heavy (non-hydrogen) atoms. The molecule has 1 aromatic heterocycles. The highest BCUT2D eigenvalue weighted by Gasteiger charge is 2.36. The lowest BCUT2D eigenvalue weighted by Crippen LogP contribution is -2.29. The molecule has 0 N–H and O–H groups in total. The van der Waals surface area contributed by atoms with Gasteiger partial charge < -0.3 is 0 Å². The molecule has 4 rings (SSSR count). The van der Waals surface area contributed by atoms with Crippen molar-refractivity contribution in [3.05, 3.63) is 76.5 Å². The third-order valence-electron chi connectivity index (χ3n) is 3.69. The number of amides is 2. The molecule has 3 aromatic rings. The number of benzene rings is 2. The van der Waals surface area contributed by atoms with E-state index >= 15 is 0 Å². The van der Waals surface area contributed by atoms with Crippen molar-refractivity contribution in [3.8, 4) is 0 Å². The summed E-state index contributed by atoms with van der Waals surface area (Å²) in [5, 5.41) is 0.622. The van der Waals surface area contributed by atoms with Crippen LogP contribution in [0.4, 0.5) is 5.69 Å². The Morgan fingerprint density at radius 1 is 0.840 bits per heavy atom. The van der Waals surface area contributed by atoms with Gasteiger partial charge in [-0.05, 0) is 64.1 Å². The van der Waals surface area contributed by atoms with E-state index in [4.69, 9.17) is 0 Å². The van der Waals surface area contributed by atoms with Crippen molar-refractivity contribution in [1.29, 1.82) is 0 Å². The number of hydrogen-bond acceptors (Lipinski definition) is 5. The van der Waals surface area contributed by atoms with Crippen LogP contribution in [-0.4, -0.2) is 21.8 Å². The number of carbonyl (C=O) groups excluding carboxylic acids is 2. The van der Waals surface area contributed by atoms with Crippen LogP contribution in [0.15, 0.2) is 75.4 Å². The highest BCUT2D eigenvalue weighted by Crippen LogP contribution is 2.31. The normalized spacial score (nSPS) is 13.2. The number of rotatable bonds is 3. The molecule has 1 aliphatic heterocycles. The van der Waals surface area contributed by atoms with Crippen molar-refractivity contribution in [1.82, 2.24) is 9.97 Å². The molecule has 0 spiro atoms. The van der Waals surface area contributed by atoms with Gasteiger partial charge in [0.25, 0.3) is 11.8 Å². The van der Waals surface area contributed by atoms with E-state index < -0.39 is 0 Å². The van der Waals surface area contributed by atoms with Crippen molar-refractivity contribution in [3.63, 3.8) is 0 Å². The molecule has 0 atom stereocenters. The van der Waals surface area contributed by atoms with Gasteiger partial charge in [-0.2, -0.15) is 0 Å². The second-order valence-corrected chi connectivity index (χ2v) is 7.23. The first-order valence-corrected chi connectivity index (χ1v) is 8.98. The zero-order valence-electron chi connectivity index (χ0n) is 12.7. The number of hydrogen-bond donors (Lipinski definition) is 0. The molecule has 0 fully saturated rings. The fourth-order valence-electron chi connectivity index (χ4n) is 2.55. The van der Waals surface area contributed by atoms with E-state index in [1.165, 1.54) is 16.7 Å². The van der Waals surface area contributed by atoms with Gasteiger partial charge in [-0.3, -0.25) is 9.59 Å². The van der Waals surface area contributed by atoms with Crippen LogP contribution in [-0.2, 0) is 0 Å². The summed E-state index contributed by atoms with van der Waals surface area (Å²) in [5.41, 5.74) is 1.43. The molecule has 2 amide bonds. The van der Waals surface area contributed by atoms with Crippen molar-refractivity contribution in [2.45, 2.75) is 10.1 Å². The maximum absolute atomic E-state index is 12.5. The largest absolute Gasteiger partial charge is 0.268 e. The monoisotopic (exact) mass is 411 g/mol. The molecular weight excluding hydrogens is 402 g/mol. The Kier molecular flexibility index (Phi) is 4.10. The summed E-state index contributed by atoms with van der Waals surface area (Å²) in [6.45, 7) is 0. The summed E-state index contributed by atoms with van der Waals surface area (Å²) in [6, 6.07) is 14.0. The summed E-state index contributed by atoms with van der Waals surface area (Å²) in [6.07, 6.45) is 3.37. The molecule has 1 aliphatic rings. The molecular formula is C18H10BrN3O2S. The second-order valence-electron chi connectivity index (χ2n) is 5.27. The molecule has 2 aromatic carbocycles. The van der Waals surface area contributed by atoms with Crippen LogP contribution >= 0.6 is 27.7 Å². The maximum atomic E-state index is 12.5. The zero-order valence-corrected chi connectivity index (χ0v) is 15.1. The first-order chi connectivity index (χ1) is 12.1. The van der Waals surface area contributed by atoms with E-state index in [0.717, 1.165) is 9.37 Å². The zero-order chi connectivity index (χ0) is 17.4. The smallest absolute Gasteiger partial charge is 0.266 e. The molecule has 0 aliphatic carbocycles. The summed E-state index contributed by atoms with van der Waals surface area (Å²) in [7, 11) is 0. The molecule has 0 bridgehead atoms. The van der Waals surface area contributed by atoms with Crippen molar-refractivity contribution in [2.24, 2.45) is 0 Å². The number of carbonyl (C=O) groups is 2. The minimum atomic E-state index is -0.294. The quantitative estimate of drug-likeness (QED) is 0.477. The molecule has 0 unspecified atom stereocenters. The van der Waals surface area contributed by atoms with Crippen LogP contribution in [0.2, 0.25) is 0 Å². The van der Waals surface area contributed by atoms with E-state index in [2.05, 4.69) is 25.9 Å². The summed E-state index contributed by atoms with van der Waals surface area (Å²) >= 11 is 4.70. The van der Waals surface area contributed by atoms with Gasteiger partial charge in [0.1, 0.15) is 0 Å². The fraction of sp³-hybridized carbons (Fsp3) is 0. The third kappa shape index (κ3) is 2.96. The van der Waals surface area contributed by atoms with Crippen LogP contribution in [0.3, 0.4) is 0 Å². The number of imide groups is 1. The summed E-state index contributed by atoms with van der Waals surface area (Å²) in [4.78, 5) is 35.5. The third-order valence-corrected chi connectivity index (χ3v) is 5.01. The van der Waals surface area contributed by atoms with E-state index in [-0.39, 0.29) is 11.8 Å². The fourth-order valence-corrected chi connectivity index (χ4v) is 3.44. The predicted octanol–water partition coefficient (Wildman–Crippen LogP) is 4.19. The molecule has 0 radical (unpaired) electrons. The lowest BCUT2D eigenvalue weighted by molar-refractivity contribution is 0.0926. The topological polar surface area (TPSA) is 63.2 Å². The van der Waals surface area contributed by atoms with Gasteiger partial charge in [0.2, 0.25) is 0 Å². The molecule has 5 nitrogen and oxygen atoms in total. The number of fused-ring (bicyclic) bond motifs is 1. The van der Waals surface area contributed by atoms with Gasteiger partial charge in [0, 0.05) is 17.3 Å². The maximum Gasteiger partial charge on any atom is 0.266 e. The number of nitrogens with zero attached hydrogens (tertiary/aromatic N) is 3. The lowest BCUT2D eigenvalue weighted by atomic mass is 10.1. The lowest BCUT2D eigenvalue weighted by Gasteiger charge is -2.14. The van der Waals surface area contributed by atoms with E-state index in [9.17, 15) is 9.59 Å². The van der Waals surface area contributed by atoms with Crippen molar-refractivity contribution in [2.75, 3.05) is 4.90 Å². The van der Waals surface area contributed by atoms with E-state index in [0.29, 0.717) is 22.0 Å². The second kappa shape index (κ2) is 6.42. The number of anilines is 1. The Hall–Kier alpha value is -2.51.